The monoisotopic (exact) mass is 585 g/mol. The number of carbonyl (C=O) groups is 6. The van der Waals surface area contributed by atoms with Crippen LogP contribution in [0.5, 0.6) is 0 Å². The summed E-state index contributed by atoms with van der Waals surface area (Å²) in [7, 11) is 0. The number of nitrogens with one attached hydrogen (secondary N) is 4. The first-order valence-corrected chi connectivity index (χ1v) is 14.8. The molecule has 0 spiro atoms. The number of carbonyl (C=O) groups excluding carboxylic acids is 5. The van der Waals surface area contributed by atoms with Gasteiger partial charge in [0.2, 0.25) is 17.6 Å². The van der Waals surface area contributed by atoms with E-state index in [0.717, 1.165) is 32.4 Å². The standard InChI is InChI=1S/C30H43N5O7/c1-19(2)16-25(36)29(40)33-23-8-6-21(7-9-23)28(39)34-24(30(41)42)17-32-27(38)22-4-3-15-35(18-22)26(37)10-5-20-11-13-31-14-12-20/h6-9,19-20,22,24,31H,3-5,10-18H2,1-2H3,(H,32,38)(H,33,40)(H,34,39)(H,41,42)/t22-,24-/m1/s1. The van der Waals surface area contributed by atoms with Crippen molar-refractivity contribution in [1.29, 1.82) is 0 Å². The third kappa shape index (κ3) is 10.2. The molecule has 1 aromatic rings. The van der Waals surface area contributed by atoms with E-state index >= 15 is 0 Å². The largest absolute Gasteiger partial charge is 0.480 e. The summed E-state index contributed by atoms with van der Waals surface area (Å²) >= 11 is 0. The molecule has 0 unspecified atom stereocenters. The fourth-order valence-corrected chi connectivity index (χ4v) is 5.23. The second-order valence-electron chi connectivity index (χ2n) is 11.6. The van der Waals surface area contributed by atoms with Crippen LogP contribution in [-0.2, 0) is 24.0 Å². The Hall–Kier alpha value is -3.80. The van der Waals surface area contributed by atoms with Gasteiger partial charge in [0.25, 0.3) is 11.8 Å². The number of nitrogens with zero attached hydrogens (tertiary/aromatic N) is 1. The molecule has 230 valence electrons. The van der Waals surface area contributed by atoms with Gasteiger partial charge in [0.05, 0.1) is 5.92 Å². The molecule has 2 atom stereocenters. The van der Waals surface area contributed by atoms with E-state index in [2.05, 4.69) is 21.3 Å². The SMILES string of the molecule is CC(C)CC(=O)C(=O)Nc1ccc(C(=O)N[C@H](CNC(=O)[C@@H]2CCCN(C(=O)CCC3CCNCC3)C2)C(=O)O)cc1. The lowest BCUT2D eigenvalue weighted by Gasteiger charge is -2.33. The Bertz CT molecular complexity index is 1130. The van der Waals surface area contributed by atoms with Crippen molar-refractivity contribution in [2.75, 3.05) is 38.0 Å². The van der Waals surface area contributed by atoms with Gasteiger partial charge in [-0.05, 0) is 81.3 Å². The summed E-state index contributed by atoms with van der Waals surface area (Å²) in [4.78, 5) is 75.8. The maximum atomic E-state index is 12.9. The zero-order chi connectivity index (χ0) is 30.6. The van der Waals surface area contributed by atoms with Crippen molar-refractivity contribution in [2.45, 2.75) is 64.8 Å². The number of aliphatic carboxylic acids is 1. The van der Waals surface area contributed by atoms with E-state index < -0.39 is 35.5 Å². The second-order valence-corrected chi connectivity index (χ2v) is 11.6. The highest BCUT2D eigenvalue weighted by molar-refractivity contribution is 6.40. The molecule has 0 aromatic heterocycles. The molecule has 2 heterocycles. The average molecular weight is 586 g/mol. The predicted octanol–water partition coefficient (Wildman–Crippen LogP) is 1.56. The van der Waals surface area contributed by atoms with E-state index in [1.54, 1.807) is 4.90 Å². The van der Waals surface area contributed by atoms with Crippen molar-refractivity contribution in [3.05, 3.63) is 29.8 Å². The third-order valence-electron chi connectivity index (χ3n) is 7.71. The van der Waals surface area contributed by atoms with E-state index in [1.165, 1.54) is 24.3 Å². The van der Waals surface area contributed by atoms with Crippen LogP contribution in [0.15, 0.2) is 24.3 Å². The van der Waals surface area contributed by atoms with Crippen molar-refractivity contribution in [2.24, 2.45) is 17.8 Å². The van der Waals surface area contributed by atoms with Crippen molar-refractivity contribution in [1.82, 2.24) is 20.9 Å². The first kappa shape index (κ1) is 32.7. The van der Waals surface area contributed by atoms with Crippen LogP contribution in [0.3, 0.4) is 0 Å². The van der Waals surface area contributed by atoms with Crippen LogP contribution in [-0.4, -0.2) is 84.2 Å². The van der Waals surface area contributed by atoms with Gasteiger partial charge in [-0.15, -0.1) is 0 Å². The van der Waals surface area contributed by atoms with Gasteiger partial charge in [-0.3, -0.25) is 24.0 Å². The number of hydrogen-bond acceptors (Lipinski definition) is 7. The minimum Gasteiger partial charge on any atom is -0.480 e. The van der Waals surface area contributed by atoms with E-state index in [4.69, 9.17) is 0 Å². The topological polar surface area (TPSA) is 174 Å². The van der Waals surface area contributed by atoms with E-state index in [1.807, 2.05) is 13.8 Å². The Labute approximate surface area is 246 Å². The Morgan fingerprint density at radius 2 is 1.71 bits per heavy atom. The van der Waals surface area contributed by atoms with Crippen LogP contribution in [0, 0.1) is 17.8 Å². The Balaban J connectivity index is 1.46. The number of ketones is 1. The highest BCUT2D eigenvalue weighted by Crippen LogP contribution is 2.21. The van der Waals surface area contributed by atoms with Gasteiger partial charge in [-0.2, -0.15) is 0 Å². The van der Waals surface area contributed by atoms with Crippen LogP contribution in [0.2, 0.25) is 0 Å². The molecule has 2 aliphatic rings. The molecular formula is C30H43N5O7. The molecule has 2 fully saturated rings. The molecule has 3 rings (SSSR count). The summed E-state index contributed by atoms with van der Waals surface area (Å²) in [5.41, 5.74) is 0.465. The van der Waals surface area contributed by atoms with Crippen LogP contribution in [0.4, 0.5) is 5.69 Å². The van der Waals surface area contributed by atoms with Gasteiger partial charge in [0.1, 0.15) is 6.04 Å². The molecular weight excluding hydrogens is 542 g/mol. The Kier molecular flexibility index (Phi) is 12.5. The molecule has 42 heavy (non-hydrogen) atoms. The molecule has 0 aliphatic carbocycles. The number of hydrogen-bond donors (Lipinski definition) is 5. The molecule has 2 saturated heterocycles. The summed E-state index contributed by atoms with van der Waals surface area (Å²) in [6, 6.07) is 4.30. The average Bonchev–Trinajstić information content (AvgIpc) is 2.98. The number of piperidine rings is 2. The highest BCUT2D eigenvalue weighted by Gasteiger charge is 2.30. The normalized spacial score (nSPS) is 18.2. The molecule has 5 N–H and O–H groups in total. The quantitative estimate of drug-likeness (QED) is 0.217. The van der Waals surface area contributed by atoms with E-state index in [9.17, 15) is 33.9 Å². The zero-order valence-electron chi connectivity index (χ0n) is 24.4. The molecule has 2 aliphatic heterocycles. The zero-order valence-corrected chi connectivity index (χ0v) is 24.4. The van der Waals surface area contributed by atoms with Crippen LogP contribution in [0.25, 0.3) is 0 Å². The van der Waals surface area contributed by atoms with Crippen LogP contribution in [0.1, 0.15) is 69.2 Å². The fraction of sp³-hybridized carbons (Fsp3) is 0.600. The van der Waals surface area contributed by atoms with Crippen molar-refractivity contribution in [3.8, 4) is 0 Å². The molecule has 0 radical (unpaired) electrons. The van der Waals surface area contributed by atoms with Gasteiger partial charge >= 0.3 is 5.97 Å². The molecule has 0 bridgehead atoms. The summed E-state index contributed by atoms with van der Waals surface area (Å²) in [5, 5.41) is 20.5. The first-order chi connectivity index (χ1) is 20.0. The summed E-state index contributed by atoms with van der Waals surface area (Å²) in [5.74, 6) is -3.42. The van der Waals surface area contributed by atoms with Crippen molar-refractivity contribution >= 4 is 41.1 Å². The number of carboxylic acid groups (broad SMARTS) is 1. The number of amides is 4. The number of carboxylic acids is 1. The van der Waals surface area contributed by atoms with Gasteiger partial charge in [0.15, 0.2) is 0 Å². The lowest BCUT2D eigenvalue weighted by Crippen LogP contribution is -2.51. The van der Waals surface area contributed by atoms with Gasteiger partial charge < -0.3 is 31.3 Å². The predicted molar refractivity (Wildman–Crippen MR) is 156 cm³/mol. The third-order valence-corrected chi connectivity index (χ3v) is 7.71. The lowest BCUT2D eigenvalue weighted by molar-refractivity contribution is -0.139. The second kappa shape index (κ2) is 16.0. The maximum absolute atomic E-state index is 12.9. The first-order valence-electron chi connectivity index (χ1n) is 14.8. The number of Topliss-reactive ketones (excluding diaryl/α,β-unsaturated/α-hetero) is 1. The van der Waals surface area contributed by atoms with Crippen molar-refractivity contribution < 1.29 is 33.9 Å². The molecule has 12 heteroatoms. The van der Waals surface area contributed by atoms with Gasteiger partial charge in [-0.25, -0.2) is 4.79 Å². The summed E-state index contributed by atoms with van der Waals surface area (Å²) in [6.45, 7) is 6.22. The maximum Gasteiger partial charge on any atom is 0.328 e. The fourth-order valence-electron chi connectivity index (χ4n) is 5.23. The van der Waals surface area contributed by atoms with Gasteiger partial charge in [0, 0.05) is 43.7 Å². The summed E-state index contributed by atoms with van der Waals surface area (Å²) < 4.78 is 0. The molecule has 0 saturated carbocycles. The van der Waals surface area contributed by atoms with E-state index in [0.29, 0.717) is 44.0 Å². The number of rotatable bonds is 13. The number of benzene rings is 1. The number of likely N-dealkylation sites (tertiary alicyclic amines) is 1. The van der Waals surface area contributed by atoms with Gasteiger partial charge in [-0.1, -0.05) is 13.8 Å². The Morgan fingerprint density at radius 1 is 1.02 bits per heavy atom. The number of anilines is 1. The lowest BCUT2D eigenvalue weighted by atomic mass is 9.92. The summed E-state index contributed by atoms with van der Waals surface area (Å²) in [6.07, 6.45) is 4.88. The minimum atomic E-state index is -1.37. The molecule has 4 amide bonds. The molecule has 12 nitrogen and oxygen atoms in total. The Morgan fingerprint density at radius 3 is 2.36 bits per heavy atom. The molecule has 1 aromatic carbocycles. The van der Waals surface area contributed by atoms with Crippen LogP contribution >= 0.6 is 0 Å². The highest BCUT2D eigenvalue weighted by atomic mass is 16.4. The van der Waals surface area contributed by atoms with Crippen LogP contribution < -0.4 is 21.3 Å². The smallest absolute Gasteiger partial charge is 0.328 e. The minimum absolute atomic E-state index is 0.0433. The van der Waals surface area contributed by atoms with Crippen molar-refractivity contribution in [3.63, 3.8) is 0 Å². The van der Waals surface area contributed by atoms with E-state index in [-0.39, 0.29) is 36.3 Å².